The van der Waals surface area contributed by atoms with E-state index in [2.05, 4.69) is 13.8 Å². The van der Waals surface area contributed by atoms with Crippen LogP contribution >= 0.6 is 11.6 Å². The zero-order valence-electron chi connectivity index (χ0n) is 11.9. The van der Waals surface area contributed by atoms with E-state index in [-0.39, 0.29) is 4.87 Å². The van der Waals surface area contributed by atoms with Crippen molar-refractivity contribution in [2.24, 2.45) is 5.92 Å². The van der Waals surface area contributed by atoms with Gasteiger partial charge in [0.15, 0.2) is 0 Å². The van der Waals surface area contributed by atoms with Gasteiger partial charge in [-0.2, -0.15) is 0 Å². The van der Waals surface area contributed by atoms with Crippen molar-refractivity contribution in [1.82, 2.24) is 0 Å². The molecule has 0 N–H and O–H groups in total. The highest BCUT2D eigenvalue weighted by Crippen LogP contribution is 2.43. The van der Waals surface area contributed by atoms with Gasteiger partial charge >= 0.3 is 0 Å². The zero-order valence-corrected chi connectivity index (χ0v) is 12.7. The topological polar surface area (TPSA) is 0 Å². The van der Waals surface area contributed by atoms with E-state index in [0.29, 0.717) is 0 Å². The molecule has 0 bridgehead atoms. The second-order valence-corrected chi connectivity index (χ2v) is 6.68. The van der Waals surface area contributed by atoms with Crippen molar-refractivity contribution in [2.45, 2.75) is 95.8 Å². The summed E-state index contributed by atoms with van der Waals surface area (Å²) in [5.41, 5.74) is 0. The third kappa shape index (κ3) is 5.20. The average molecular weight is 259 g/mol. The van der Waals surface area contributed by atoms with Crippen LogP contribution in [0.5, 0.6) is 0 Å². The Balaban J connectivity index is 2.48. The standard InChI is InChI=1S/C16H31Cl/c1-3-5-10-14-16(17,13-6-4-2)15-11-8-7-9-12-15/h15H,3-14H2,1-2H3. The minimum Gasteiger partial charge on any atom is -0.119 e. The molecule has 0 aromatic carbocycles. The van der Waals surface area contributed by atoms with Crippen LogP contribution in [-0.4, -0.2) is 4.87 Å². The molecule has 102 valence electrons. The lowest BCUT2D eigenvalue weighted by Gasteiger charge is -2.38. The molecule has 1 aliphatic carbocycles. The largest absolute Gasteiger partial charge is 0.119 e. The fourth-order valence-corrected chi connectivity index (χ4v) is 3.78. The van der Waals surface area contributed by atoms with Crippen LogP contribution in [0.2, 0.25) is 0 Å². The number of unbranched alkanes of at least 4 members (excludes halogenated alkanes) is 3. The highest BCUT2D eigenvalue weighted by atomic mass is 35.5. The van der Waals surface area contributed by atoms with Crippen molar-refractivity contribution in [3.05, 3.63) is 0 Å². The molecule has 0 radical (unpaired) electrons. The summed E-state index contributed by atoms with van der Waals surface area (Å²) in [6, 6.07) is 0. The van der Waals surface area contributed by atoms with Crippen LogP contribution in [0.15, 0.2) is 0 Å². The van der Waals surface area contributed by atoms with E-state index in [0.717, 1.165) is 5.92 Å². The van der Waals surface area contributed by atoms with E-state index in [1.54, 1.807) is 0 Å². The molecule has 1 rings (SSSR count). The normalized spacial score (nSPS) is 21.4. The summed E-state index contributed by atoms with van der Waals surface area (Å²) < 4.78 is 0. The first-order chi connectivity index (χ1) is 8.23. The maximum atomic E-state index is 7.03. The predicted molar refractivity (Wildman–Crippen MR) is 78.8 cm³/mol. The van der Waals surface area contributed by atoms with Gasteiger partial charge in [0.05, 0.1) is 0 Å². The van der Waals surface area contributed by atoms with Crippen molar-refractivity contribution in [3.63, 3.8) is 0 Å². The van der Waals surface area contributed by atoms with Crippen LogP contribution < -0.4 is 0 Å². The minimum atomic E-state index is 0.144. The number of alkyl halides is 1. The lowest BCUT2D eigenvalue weighted by molar-refractivity contribution is 0.241. The van der Waals surface area contributed by atoms with E-state index in [9.17, 15) is 0 Å². The average Bonchev–Trinajstić information content (AvgIpc) is 2.38. The van der Waals surface area contributed by atoms with Crippen molar-refractivity contribution in [3.8, 4) is 0 Å². The van der Waals surface area contributed by atoms with Crippen molar-refractivity contribution >= 4 is 11.6 Å². The van der Waals surface area contributed by atoms with Crippen LogP contribution in [0.3, 0.4) is 0 Å². The van der Waals surface area contributed by atoms with E-state index in [4.69, 9.17) is 11.6 Å². The molecule has 0 nitrogen and oxygen atoms in total. The Kier molecular flexibility index (Phi) is 7.59. The van der Waals surface area contributed by atoms with Crippen LogP contribution in [0.25, 0.3) is 0 Å². The van der Waals surface area contributed by atoms with Crippen LogP contribution in [0, 0.1) is 5.92 Å². The first kappa shape index (κ1) is 15.3. The smallest absolute Gasteiger partial charge is 0.0475 e. The summed E-state index contributed by atoms with van der Waals surface area (Å²) >= 11 is 7.03. The number of hydrogen-bond acceptors (Lipinski definition) is 0. The monoisotopic (exact) mass is 258 g/mol. The summed E-state index contributed by atoms with van der Waals surface area (Å²) in [4.78, 5) is 0.144. The fraction of sp³-hybridized carbons (Fsp3) is 1.00. The van der Waals surface area contributed by atoms with Gasteiger partial charge in [0.2, 0.25) is 0 Å². The molecule has 1 fully saturated rings. The number of rotatable bonds is 8. The molecule has 0 aromatic heterocycles. The highest BCUT2D eigenvalue weighted by Gasteiger charge is 2.35. The molecule has 17 heavy (non-hydrogen) atoms. The Morgan fingerprint density at radius 3 is 2.06 bits per heavy atom. The van der Waals surface area contributed by atoms with E-state index < -0.39 is 0 Å². The van der Waals surface area contributed by atoms with Gasteiger partial charge in [-0.25, -0.2) is 0 Å². The maximum absolute atomic E-state index is 7.03. The summed E-state index contributed by atoms with van der Waals surface area (Å²) in [5, 5.41) is 0. The Hall–Kier alpha value is 0.290. The third-order valence-electron chi connectivity index (χ3n) is 4.48. The molecule has 1 unspecified atom stereocenters. The summed E-state index contributed by atoms with van der Waals surface area (Å²) in [6.45, 7) is 4.56. The molecule has 1 atom stereocenters. The van der Waals surface area contributed by atoms with Gasteiger partial charge in [-0.1, -0.05) is 65.2 Å². The summed E-state index contributed by atoms with van der Waals surface area (Å²) in [7, 11) is 0. The van der Waals surface area contributed by atoms with E-state index >= 15 is 0 Å². The molecular weight excluding hydrogens is 228 g/mol. The lowest BCUT2D eigenvalue weighted by atomic mass is 9.75. The second kappa shape index (κ2) is 8.40. The SMILES string of the molecule is CCCCCC(Cl)(CCCC)C1CCCCC1. The van der Waals surface area contributed by atoms with Gasteiger partial charge in [-0.3, -0.25) is 0 Å². The molecule has 0 aromatic rings. The molecule has 1 heteroatoms. The van der Waals surface area contributed by atoms with Crippen LogP contribution in [0.1, 0.15) is 90.9 Å². The van der Waals surface area contributed by atoms with Gasteiger partial charge in [0.1, 0.15) is 0 Å². The van der Waals surface area contributed by atoms with Crippen molar-refractivity contribution in [2.75, 3.05) is 0 Å². The van der Waals surface area contributed by atoms with Gasteiger partial charge < -0.3 is 0 Å². The Labute approximate surface area is 114 Å². The van der Waals surface area contributed by atoms with Crippen molar-refractivity contribution in [1.29, 1.82) is 0 Å². The lowest BCUT2D eigenvalue weighted by Crippen LogP contribution is -2.33. The number of hydrogen-bond donors (Lipinski definition) is 0. The molecule has 0 aliphatic heterocycles. The minimum absolute atomic E-state index is 0.144. The van der Waals surface area contributed by atoms with Crippen molar-refractivity contribution < 1.29 is 0 Å². The maximum Gasteiger partial charge on any atom is 0.0475 e. The predicted octanol–water partition coefficient (Wildman–Crippen LogP) is 6.31. The number of halogens is 1. The van der Waals surface area contributed by atoms with Crippen LogP contribution in [-0.2, 0) is 0 Å². The van der Waals surface area contributed by atoms with E-state index in [1.165, 1.54) is 77.0 Å². The van der Waals surface area contributed by atoms with Gasteiger partial charge in [0, 0.05) is 4.87 Å². The molecule has 0 amide bonds. The van der Waals surface area contributed by atoms with Gasteiger partial charge in [-0.05, 0) is 31.6 Å². The fourth-order valence-electron chi connectivity index (χ4n) is 3.29. The molecule has 0 saturated heterocycles. The third-order valence-corrected chi connectivity index (χ3v) is 5.17. The van der Waals surface area contributed by atoms with Gasteiger partial charge in [-0.15, -0.1) is 11.6 Å². The Morgan fingerprint density at radius 1 is 0.882 bits per heavy atom. The first-order valence-corrected chi connectivity index (χ1v) is 8.29. The quantitative estimate of drug-likeness (QED) is 0.353. The Bertz CT molecular complexity index is 184. The second-order valence-electron chi connectivity index (χ2n) is 5.93. The van der Waals surface area contributed by atoms with Gasteiger partial charge in [0.25, 0.3) is 0 Å². The molecule has 1 saturated carbocycles. The summed E-state index contributed by atoms with van der Waals surface area (Å²) in [5.74, 6) is 0.807. The van der Waals surface area contributed by atoms with E-state index in [1.807, 2.05) is 0 Å². The molecule has 1 aliphatic rings. The molecular formula is C16H31Cl. The molecule has 0 heterocycles. The summed E-state index contributed by atoms with van der Waals surface area (Å²) in [6.07, 6.45) is 16.1. The Morgan fingerprint density at radius 2 is 1.47 bits per heavy atom. The zero-order chi connectivity index (χ0) is 12.6. The van der Waals surface area contributed by atoms with Crippen LogP contribution in [0.4, 0.5) is 0 Å². The first-order valence-electron chi connectivity index (χ1n) is 7.92. The highest BCUT2D eigenvalue weighted by molar-refractivity contribution is 6.24. The molecule has 0 spiro atoms.